The van der Waals surface area contributed by atoms with Crippen molar-refractivity contribution in [3.8, 4) is 0 Å². The summed E-state index contributed by atoms with van der Waals surface area (Å²) in [6, 6.07) is 0.307. The number of aromatic nitrogens is 2. The van der Waals surface area contributed by atoms with Crippen molar-refractivity contribution in [2.45, 2.75) is 64.3 Å². The molecule has 0 radical (unpaired) electrons. The first kappa shape index (κ1) is 13.7. The lowest BCUT2D eigenvalue weighted by atomic mass is 9.94. The second kappa shape index (κ2) is 5.38. The van der Waals surface area contributed by atoms with Crippen molar-refractivity contribution >= 4 is 17.0 Å². The number of nitrogens with zero attached hydrogens (tertiary/aromatic N) is 2. The Hall–Kier alpha value is -1.91. The van der Waals surface area contributed by atoms with Gasteiger partial charge in [-0.25, -0.2) is 4.98 Å². The van der Waals surface area contributed by atoms with Crippen molar-refractivity contribution in [1.29, 1.82) is 0 Å². The van der Waals surface area contributed by atoms with E-state index in [4.69, 9.17) is 4.52 Å². The highest BCUT2D eigenvalue weighted by Gasteiger charge is 2.28. The Morgan fingerprint density at radius 3 is 2.82 bits per heavy atom. The Morgan fingerprint density at radius 1 is 1.18 bits per heavy atom. The van der Waals surface area contributed by atoms with Crippen molar-refractivity contribution in [3.05, 3.63) is 22.5 Å². The number of hydrogen-bond donors (Lipinski definition) is 1. The predicted molar refractivity (Wildman–Crippen MR) is 82.9 cm³/mol. The Labute approximate surface area is 129 Å². The van der Waals surface area contributed by atoms with Gasteiger partial charge in [0.05, 0.1) is 16.6 Å². The summed E-state index contributed by atoms with van der Waals surface area (Å²) in [5, 5.41) is 8.05. The molecule has 0 spiro atoms. The minimum atomic E-state index is 0.0312. The topological polar surface area (TPSA) is 68.0 Å². The molecule has 1 saturated carbocycles. The number of amides is 1. The third-order valence-corrected chi connectivity index (χ3v) is 4.99. The van der Waals surface area contributed by atoms with Crippen LogP contribution in [0, 0.1) is 6.92 Å². The summed E-state index contributed by atoms with van der Waals surface area (Å²) < 4.78 is 5.31. The molecule has 0 aromatic carbocycles. The van der Waals surface area contributed by atoms with E-state index in [2.05, 4.69) is 15.5 Å². The zero-order chi connectivity index (χ0) is 15.1. The molecule has 0 saturated heterocycles. The number of hydrogen-bond acceptors (Lipinski definition) is 4. The molecule has 0 atom stereocenters. The molecule has 5 heteroatoms. The van der Waals surface area contributed by atoms with Gasteiger partial charge in [0.1, 0.15) is 0 Å². The fourth-order valence-corrected chi connectivity index (χ4v) is 3.87. The highest BCUT2D eigenvalue weighted by Crippen LogP contribution is 2.32. The van der Waals surface area contributed by atoms with E-state index >= 15 is 0 Å². The molecule has 1 N–H and O–H groups in total. The van der Waals surface area contributed by atoms with E-state index in [1.807, 2.05) is 6.92 Å². The zero-order valence-corrected chi connectivity index (χ0v) is 12.9. The summed E-state index contributed by atoms with van der Waals surface area (Å²) in [5.74, 6) is 0.0312. The summed E-state index contributed by atoms with van der Waals surface area (Å²) in [6.07, 6.45) is 8.79. The number of nitrogens with one attached hydrogen (secondary N) is 1. The molecular formula is C17H21N3O2. The maximum atomic E-state index is 12.9. The highest BCUT2D eigenvalue weighted by molar-refractivity contribution is 6.07. The number of carbonyl (C=O) groups excluding carboxylic acids is 1. The van der Waals surface area contributed by atoms with Crippen molar-refractivity contribution in [3.63, 3.8) is 0 Å². The average Bonchev–Trinajstić information content (AvgIpc) is 3.13. The van der Waals surface area contributed by atoms with Crippen molar-refractivity contribution in [2.24, 2.45) is 0 Å². The van der Waals surface area contributed by atoms with Gasteiger partial charge in [0.15, 0.2) is 0 Å². The molecule has 4 rings (SSSR count). The summed E-state index contributed by atoms with van der Waals surface area (Å²) >= 11 is 0. The third-order valence-electron chi connectivity index (χ3n) is 4.99. The number of carbonyl (C=O) groups is 1. The van der Waals surface area contributed by atoms with Crippen LogP contribution in [0.15, 0.2) is 4.52 Å². The van der Waals surface area contributed by atoms with Gasteiger partial charge in [0, 0.05) is 11.7 Å². The normalized spacial score (nSPS) is 18.6. The van der Waals surface area contributed by atoms with Crippen molar-refractivity contribution < 1.29 is 9.32 Å². The van der Waals surface area contributed by atoms with Crippen LogP contribution in [-0.4, -0.2) is 22.1 Å². The van der Waals surface area contributed by atoms with Crippen LogP contribution in [0.1, 0.15) is 65.8 Å². The molecule has 1 fully saturated rings. The van der Waals surface area contributed by atoms with Crippen LogP contribution in [0.2, 0.25) is 0 Å². The zero-order valence-electron chi connectivity index (χ0n) is 12.9. The number of aryl methyl sites for hydroxylation is 2. The fraction of sp³-hybridized carbons (Fsp3) is 0.588. The van der Waals surface area contributed by atoms with Crippen LogP contribution in [-0.2, 0) is 12.8 Å². The molecule has 22 heavy (non-hydrogen) atoms. The molecule has 2 aliphatic rings. The van der Waals surface area contributed by atoms with Gasteiger partial charge >= 0.3 is 0 Å². The highest BCUT2D eigenvalue weighted by atomic mass is 16.5. The first-order chi connectivity index (χ1) is 10.7. The van der Waals surface area contributed by atoms with Gasteiger partial charge in [-0.3, -0.25) is 4.79 Å². The van der Waals surface area contributed by atoms with Gasteiger partial charge in [0.2, 0.25) is 0 Å². The Bertz CT molecular complexity index is 729. The first-order valence-corrected chi connectivity index (χ1v) is 8.32. The lowest BCUT2D eigenvalue weighted by Crippen LogP contribution is -2.36. The molecule has 2 heterocycles. The van der Waals surface area contributed by atoms with Gasteiger partial charge in [-0.05, 0) is 44.6 Å². The van der Waals surface area contributed by atoms with E-state index in [1.54, 1.807) is 0 Å². The first-order valence-electron chi connectivity index (χ1n) is 8.32. The molecular weight excluding hydrogens is 278 g/mol. The predicted octanol–water partition coefficient (Wildman–Crippen LogP) is 3.08. The maximum Gasteiger partial charge on any atom is 0.259 e. The van der Waals surface area contributed by atoms with E-state index in [-0.39, 0.29) is 5.91 Å². The molecule has 0 unspecified atom stereocenters. The van der Waals surface area contributed by atoms with Crippen molar-refractivity contribution in [2.75, 3.05) is 0 Å². The van der Waals surface area contributed by atoms with Gasteiger partial charge in [-0.1, -0.05) is 24.4 Å². The lowest BCUT2D eigenvalue weighted by molar-refractivity contribution is 0.0928. The summed E-state index contributed by atoms with van der Waals surface area (Å²) in [5.41, 5.74) is 4.14. The van der Waals surface area contributed by atoms with Gasteiger partial charge < -0.3 is 9.84 Å². The van der Waals surface area contributed by atoms with Crippen LogP contribution in [0.4, 0.5) is 0 Å². The van der Waals surface area contributed by atoms with Crippen LogP contribution in [0.25, 0.3) is 11.1 Å². The molecule has 0 aliphatic heterocycles. The molecule has 2 aromatic rings. The van der Waals surface area contributed by atoms with Gasteiger partial charge in [0.25, 0.3) is 11.6 Å². The Kier molecular flexibility index (Phi) is 3.36. The van der Waals surface area contributed by atoms with E-state index in [1.165, 1.54) is 19.3 Å². The fourth-order valence-electron chi connectivity index (χ4n) is 3.87. The van der Waals surface area contributed by atoms with E-state index in [9.17, 15) is 4.79 Å². The second-order valence-electron chi connectivity index (χ2n) is 6.52. The molecule has 116 valence electrons. The lowest BCUT2D eigenvalue weighted by Gasteiger charge is -2.23. The van der Waals surface area contributed by atoms with E-state index < -0.39 is 0 Å². The number of pyridine rings is 1. The average molecular weight is 299 g/mol. The third kappa shape index (κ3) is 2.19. The largest absolute Gasteiger partial charge is 0.349 e. The standard InChI is InChI=1S/C17H21N3O2/c1-10-14-15(16(21)18-11-6-3-2-4-7-11)12-8-5-9-13(12)19-17(14)22-20-10/h11H,2-9H2,1H3,(H,18,21). The number of rotatable bonds is 2. The van der Waals surface area contributed by atoms with Crippen LogP contribution < -0.4 is 5.32 Å². The van der Waals surface area contributed by atoms with E-state index in [0.29, 0.717) is 11.8 Å². The molecule has 1 amide bonds. The van der Waals surface area contributed by atoms with Crippen LogP contribution >= 0.6 is 0 Å². The number of fused-ring (bicyclic) bond motifs is 2. The maximum absolute atomic E-state index is 12.9. The van der Waals surface area contributed by atoms with Crippen molar-refractivity contribution in [1.82, 2.24) is 15.5 Å². The monoisotopic (exact) mass is 299 g/mol. The van der Waals surface area contributed by atoms with Gasteiger partial charge in [-0.15, -0.1) is 0 Å². The molecule has 2 aromatic heterocycles. The van der Waals surface area contributed by atoms with Crippen LogP contribution in [0.3, 0.4) is 0 Å². The Balaban J connectivity index is 1.76. The summed E-state index contributed by atoms with van der Waals surface area (Å²) in [4.78, 5) is 17.5. The SMILES string of the molecule is Cc1noc2nc3c(c(C(=O)NC4CCCCC4)c12)CCC3. The van der Waals surface area contributed by atoms with Crippen LogP contribution in [0.5, 0.6) is 0 Å². The Morgan fingerprint density at radius 2 is 2.00 bits per heavy atom. The summed E-state index contributed by atoms with van der Waals surface area (Å²) in [6.45, 7) is 1.88. The summed E-state index contributed by atoms with van der Waals surface area (Å²) in [7, 11) is 0. The van der Waals surface area contributed by atoms with Gasteiger partial charge in [-0.2, -0.15) is 0 Å². The van der Waals surface area contributed by atoms with E-state index in [0.717, 1.165) is 60.0 Å². The minimum absolute atomic E-state index is 0.0312. The minimum Gasteiger partial charge on any atom is -0.349 e. The smallest absolute Gasteiger partial charge is 0.259 e. The molecule has 5 nitrogen and oxygen atoms in total. The molecule has 2 aliphatic carbocycles. The second-order valence-corrected chi connectivity index (χ2v) is 6.52. The quantitative estimate of drug-likeness (QED) is 0.925. The molecule has 0 bridgehead atoms.